The second-order valence-corrected chi connectivity index (χ2v) is 7.79. The number of rotatable bonds is 5. The number of guanidine groups is 1. The number of hydrogen-bond donors (Lipinski definition) is 1. The summed E-state index contributed by atoms with van der Waals surface area (Å²) in [4.78, 5) is 6.85. The van der Waals surface area contributed by atoms with E-state index in [2.05, 4.69) is 39.5 Å². The molecule has 0 aromatic heterocycles. The molecule has 1 spiro atoms. The van der Waals surface area contributed by atoms with E-state index in [0.717, 1.165) is 44.6 Å². The molecule has 0 amide bonds. The number of likely N-dealkylation sites (tertiary alicyclic amines) is 1. The van der Waals surface area contributed by atoms with Crippen molar-refractivity contribution in [2.75, 3.05) is 33.4 Å². The summed E-state index contributed by atoms with van der Waals surface area (Å²) in [7, 11) is 1.86. The first-order valence-corrected chi connectivity index (χ1v) is 10.1. The molecule has 1 atom stereocenters. The number of aliphatic imine (C=N–C) groups is 1. The minimum atomic E-state index is 0. The first-order valence-electron chi connectivity index (χ1n) is 10.1. The van der Waals surface area contributed by atoms with Crippen LogP contribution in [0, 0.1) is 5.41 Å². The Morgan fingerprint density at radius 1 is 1.10 bits per heavy atom. The normalized spacial score (nSPS) is 21.3. The zero-order valence-corrected chi connectivity index (χ0v) is 19.3. The molecule has 1 unspecified atom stereocenters. The number of hydrogen-bond acceptors (Lipinski definition) is 3. The Hall–Kier alpha value is -1.80. The Balaban J connectivity index is 0.00000240. The molecule has 0 saturated carbocycles. The molecule has 0 radical (unpaired) electrons. The van der Waals surface area contributed by atoms with Crippen molar-refractivity contribution < 1.29 is 9.47 Å². The van der Waals surface area contributed by atoms with Gasteiger partial charge in [0.1, 0.15) is 12.4 Å². The molecule has 2 aromatic carbocycles. The highest BCUT2D eigenvalue weighted by atomic mass is 127. The van der Waals surface area contributed by atoms with Gasteiger partial charge in [-0.1, -0.05) is 42.5 Å². The molecule has 6 heteroatoms. The Labute approximate surface area is 190 Å². The molecule has 0 aliphatic carbocycles. The molecule has 2 aliphatic heterocycles. The Morgan fingerprint density at radius 3 is 2.59 bits per heavy atom. The van der Waals surface area contributed by atoms with Crippen molar-refractivity contribution in [3.05, 3.63) is 65.7 Å². The van der Waals surface area contributed by atoms with Gasteiger partial charge in [-0.25, -0.2) is 0 Å². The molecule has 29 heavy (non-hydrogen) atoms. The summed E-state index contributed by atoms with van der Waals surface area (Å²) in [6.45, 7) is 5.23. The summed E-state index contributed by atoms with van der Waals surface area (Å²) in [5.74, 6) is 1.87. The number of nitrogens with zero attached hydrogens (tertiary/aromatic N) is 2. The third-order valence-electron chi connectivity index (χ3n) is 5.76. The van der Waals surface area contributed by atoms with Crippen molar-refractivity contribution in [1.82, 2.24) is 10.2 Å². The maximum Gasteiger partial charge on any atom is 0.193 e. The van der Waals surface area contributed by atoms with Crippen molar-refractivity contribution in [2.45, 2.75) is 26.0 Å². The van der Waals surface area contributed by atoms with Crippen LogP contribution < -0.4 is 10.1 Å². The molecule has 2 fully saturated rings. The van der Waals surface area contributed by atoms with Crippen LogP contribution in [0.2, 0.25) is 0 Å². The highest BCUT2D eigenvalue weighted by molar-refractivity contribution is 14.0. The summed E-state index contributed by atoms with van der Waals surface area (Å²) in [5.41, 5.74) is 2.73. The van der Waals surface area contributed by atoms with Gasteiger partial charge < -0.3 is 19.7 Å². The van der Waals surface area contributed by atoms with Gasteiger partial charge >= 0.3 is 0 Å². The third kappa shape index (κ3) is 5.63. The van der Waals surface area contributed by atoms with E-state index in [4.69, 9.17) is 9.47 Å². The van der Waals surface area contributed by atoms with Crippen LogP contribution in [-0.2, 0) is 17.9 Å². The average molecular weight is 507 g/mol. The van der Waals surface area contributed by atoms with Gasteiger partial charge in [0.05, 0.1) is 6.61 Å². The largest absolute Gasteiger partial charge is 0.489 e. The van der Waals surface area contributed by atoms with E-state index in [9.17, 15) is 0 Å². The fraction of sp³-hybridized carbons (Fsp3) is 0.435. The third-order valence-corrected chi connectivity index (χ3v) is 5.76. The topological polar surface area (TPSA) is 46.1 Å². The zero-order valence-electron chi connectivity index (χ0n) is 17.0. The van der Waals surface area contributed by atoms with Crippen molar-refractivity contribution in [3.63, 3.8) is 0 Å². The van der Waals surface area contributed by atoms with E-state index in [1.165, 1.54) is 24.0 Å². The summed E-state index contributed by atoms with van der Waals surface area (Å²) in [6, 6.07) is 18.5. The van der Waals surface area contributed by atoms with Gasteiger partial charge in [-0.05, 0) is 36.1 Å². The molecule has 1 N–H and O–H groups in total. The Bertz CT molecular complexity index is 790. The minimum Gasteiger partial charge on any atom is -0.489 e. The quantitative estimate of drug-likeness (QED) is 0.377. The van der Waals surface area contributed by atoms with E-state index >= 15 is 0 Å². The van der Waals surface area contributed by atoms with E-state index in [0.29, 0.717) is 12.0 Å². The molecular formula is C23H30IN3O2. The standard InChI is InChI=1S/C23H29N3O2.HI/c1-24-22(26-13-11-23(17-26)12-14-27-18-23)25-15-19-7-9-21(10-8-19)28-16-20-5-3-2-4-6-20;/h2-10H,11-18H2,1H3,(H,24,25);1H. The van der Waals surface area contributed by atoms with Crippen LogP contribution in [0.5, 0.6) is 5.75 Å². The van der Waals surface area contributed by atoms with Crippen LogP contribution in [0.3, 0.4) is 0 Å². The first-order chi connectivity index (χ1) is 13.8. The molecule has 156 valence electrons. The van der Waals surface area contributed by atoms with Gasteiger partial charge in [0, 0.05) is 38.7 Å². The van der Waals surface area contributed by atoms with Crippen LogP contribution in [0.4, 0.5) is 0 Å². The van der Waals surface area contributed by atoms with Gasteiger partial charge in [-0.2, -0.15) is 0 Å². The Kier molecular flexibility index (Phi) is 7.77. The van der Waals surface area contributed by atoms with Crippen LogP contribution >= 0.6 is 24.0 Å². The van der Waals surface area contributed by atoms with Gasteiger partial charge in [-0.3, -0.25) is 4.99 Å². The second-order valence-electron chi connectivity index (χ2n) is 7.79. The molecule has 2 saturated heterocycles. The fourth-order valence-electron chi connectivity index (χ4n) is 4.05. The van der Waals surface area contributed by atoms with Gasteiger partial charge in [0.25, 0.3) is 0 Å². The highest BCUT2D eigenvalue weighted by Gasteiger charge is 2.42. The lowest BCUT2D eigenvalue weighted by molar-refractivity contribution is 0.156. The lowest BCUT2D eigenvalue weighted by Gasteiger charge is -2.25. The van der Waals surface area contributed by atoms with Crippen LogP contribution in [0.15, 0.2) is 59.6 Å². The lowest BCUT2D eigenvalue weighted by atomic mass is 9.87. The molecule has 5 nitrogen and oxygen atoms in total. The predicted octanol–water partition coefficient (Wildman–Crippen LogP) is 4.07. The summed E-state index contributed by atoms with van der Waals surface area (Å²) >= 11 is 0. The zero-order chi connectivity index (χ0) is 19.2. The number of halogens is 1. The highest BCUT2D eigenvalue weighted by Crippen LogP contribution is 2.38. The van der Waals surface area contributed by atoms with Crippen molar-refractivity contribution in [3.8, 4) is 5.75 Å². The van der Waals surface area contributed by atoms with Crippen LogP contribution in [0.25, 0.3) is 0 Å². The molecule has 2 aromatic rings. The maximum atomic E-state index is 5.86. The number of nitrogens with one attached hydrogen (secondary N) is 1. The van der Waals surface area contributed by atoms with Crippen molar-refractivity contribution in [1.29, 1.82) is 0 Å². The first kappa shape index (κ1) is 21.9. The van der Waals surface area contributed by atoms with Gasteiger partial charge in [-0.15, -0.1) is 24.0 Å². The molecule has 2 aliphatic rings. The van der Waals surface area contributed by atoms with E-state index in [1.807, 2.05) is 37.4 Å². The number of ether oxygens (including phenoxy) is 2. The average Bonchev–Trinajstić information content (AvgIpc) is 3.38. The van der Waals surface area contributed by atoms with Crippen molar-refractivity contribution >= 4 is 29.9 Å². The smallest absolute Gasteiger partial charge is 0.193 e. The number of benzene rings is 2. The van der Waals surface area contributed by atoms with E-state index < -0.39 is 0 Å². The van der Waals surface area contributed by atoms with Crippen molar-refractivity contribution in [2.24, 2.45) is 10.4 Å². The Morgan fingerprint density at radius 2 is 1.90 bits per heavy atom. The molecule has 0 bridgehead atoms. The minimum absolute atomic E-state index is 0. The SMILES string of the molecule is CN=C(NCc1ccc(OCc2ccccc2)cc1)N1CCC2(CCOC2)C1.I. The monoisotopic (exact) mass is 507 g/mol. The summed E-state index contributed by atoms with van der Waals surface area (Å²) < 4.78 is 11.5. The summed E-state index contributed by atoms with van der Waals surface area (Å²) in [6.07, 6.45) is 2.37. The van der Waals surface area contributed by atoms with Crippen LogP contribution in [0.1, 0.15) is 24.0 Å². The van der Waals surface area contributed by atoms with Gasteiger partial charge in [0.15, 0.2) is 5.96 Å². The lowest BCUT2D eigenvalue weighted by Crippen LogP contribution is -2.41. The fourth-order valence-corrected chi connectivity index (χ4v) is 4.05. The maximum absolute atomic E-state index is 5.86. The predicted molar refractivity (Wildman–Crippen MR) is 127 cm³/mol. The van der Waals surface area contributed by atoms with E-state index in [1.54, 1.807) is 0 Å². The molecule has 4 rings (SSSR count). The van der Waals surface area contributed by atoms with E-state index in [-0.39, 0.29) is 24.0 Å². The van der Waals surface area contributed by atoms with Gasteiger partial charge in [0.2, 0.25) is 0 Å². The summed E-state index contributed by atoms with van der Waals surface area (Å²) in [5, 5.41) is 3.51. The molecular weight excluding hydrogens is 477 g/mol. The molecule has 2 heterocycles. The van der Waals surface area contributed by atoms with Crippen LogP contribution in [-0.4, -0.2) is 44.2 Å². The second kappa shape index (κ2) is 10.3.